The Balaban J connectivity index is 0.000000815. The van der Waals surface area contributed by atoms with Gasteiger partial charge in [0.05, 0.1) is 28.8 Å². The summed E-state index contributed by atoms with van der Waals surface area (Å²) in [5.41, 5.74) is 4.63. The number of fused-ring (bicyclic) bond motifs is 3. The summed E-state index contributed by atoms with van der Waals surface area (Å²) < 4.78 is 29.8. The molecule has 4 aromatic rings. The van der Waals surface area contributed by atoms with Gasteiger partial charge in [-0.25, -0.2) is 18.7 Å². The van der Waals surface area contributed by atoms with Crippen LogP contribution < -0.4 is 5.32 Å². The molecular weight excluding hydrogens is 466 g/mol. The van der Waals surface area contributed by atoms with Gasteiger partial charge in [0.15, 0.2) is 5.01 Å². The molecule has 5 rings (SSSR count). The minimum atomic E-state index is -0.822. The van der Waals surface area contributed by atoms with Gasteiger partial charge in [-0.1, -0.05) is 45.9 Å². The van der Waals surface area contributed by atoms with Gasteiger partial charge >= 0.3 is 0 Å². The van der Waals surface area contributed by atoms with Crippen LogP contribution in [0, 0.1) is 11.6 Å². The van der Waals surface area contributed by atoms with E-state index in [-0.39, 0.29) is 5.01 Å². The number of hydrogen-bond acceptors (Lipinski definition) is 4. The van der Waals surface area contributed by atoms with Crippen LogP contribution in [0.2, 0.25) is 0 Å². The lowest BCUT2D eigenvalue weighted by molar-refractivity contribution is 0.102. The maximum atomic E-state index is 13.9. The van der Waals surface area contributed by atoms with Crippen molar-refractivity contribution in [2.24, 2.45) is 7.05 Å². The summed E-state index contributed by atoms with van der Waals surface area (Å²) in [6, 6.07) is 9.75. The van der Waals surface area contributed by atoms with Gasteiger partial charge in [0, 0.05) is 12.6 Å². The number of aryl methyl sites for hydroxylation is 3. The lowest BCUT2D eigenvalue weighted by Crippen LogP contribution is -2.14. The number of carbonyl (C=O) groups is 1. The highest BCUT2D eigenvalue weighted by molar-refractivity contribution is 7.17. The molecule has 2 heterocycles. The van der Waals surface area contributed by atoms with Crippen molar-refractivity contribution >= 4 is 22.9 Å². The fourth-order valence-corrected chi connectivity index (χ4v) is 4.92. The first-order valence-electron chi connectivity index (χ1n) is 11.9. The van der Waals surface area contributed by atoms with Gasteiger partial charge in [0.1, 0.15) is 17.3 Å². The zero-order valence-electron chi connectivity index (χ0n) is 20.7. The van der Waals surface area contributed by atoms with E-state index in [1.165, 1.54) is 23.0 Å². The van der Waals surface area contributed by atoms with Crippen LogP contribution in [-0.4, -0.2) is 20.4 Å². The molecule has 0 unspecified atom stereocenters. The first-order chi connectivity index (χ1) is 17.0. The molecule has 0 aliphatic heterocycles. The zero-order valence-corrected chi connectivity index (χ0v) is 21.5. The molecule has 0 atom stereocenters. The molecule has 0 radical (unpaired) electrons. The highest BCUT2D eigenvalue weighted by atomic mass is 32.1. The molecule has 1 aliphatic rings. The van der Waals surface area contributed by atoms with Crippen molar-refractivity contribution in [3.63, 3.8) is 0 Å². The van der Waals surface area contributed by atoms with Gasteiger partial charge in [-0.15, -0.1) is 11.3 Å². The molecule has 0 bridgehead atoms. The first kappa shape index (κ1) is 26.2. The van der Waals surface area contributed by atoms with E-state index in [0.29, 0.717) is 0 Å². The Morgan fingerprint density at radius 1 is 1.06 bits per heavy atom. The number of halogens is 2. The second-order valence-electron chi connectivity index (χ2n) is 7.46. The molecule has 0 fully saturated rings. The number of hydrogen-bond donors (Lipinski definition) is 1. The minimum absolute atomic E-state index is 0.187. The highest BCUT2D eigenvalue weighted by Gasteiger charge is 2.24. The molecule has 1 aliphatic carbocycles. The van der Waals surface area contributed by atoms with Gasteiger partial charge in [0.2, 0.25) is 0 Å². The topological polar surface area (TPSA) is 59.8 Å². The molecule has 8 heteroatoms. The number of para-hydroxylation sites is 1. The van der Waals surface area contributed by atoms with Crippen molar-refractivity contribution in [1.82, 2.24) is 14.5 Å². The lowest BCUT2D eigenvalue weighted by atomic mass is 10.00. The van der Waals surface area contributed by atoms with Crippen LogP contribution in [0.5, 0.6) is 0 Å². The van der Waals surface area contributed by atoms with Crippen molar-refractivity contribution in [3.05, 3.63) is 76.8 Å². The Morgan fingerprint density at radius 3 is 2.43 bits per heavy atom. The van der Waals surface area contributed by atoms with E-state index in [2.05, 4.69) is 33.5 Å². The van der Waals surface area contributed by atoms with E-state index >= 15 is 0 Å². The molecular formula is C27H30F2N4OS. The van der Waals surface area contributed by atoms with E-state index in [9.17, 15) is 13.6 Å². The number of imidazole rings is 1. The van der Waals surface area contributed by atoms with E-state index in [1.807, 2.05) is 45.5 Å². The van der Waals surface area contributed by atoms with Crippen LogP contribution in [0.3, 0.4) is 0 Å². The average Bonchev–Trinajstić information content (AvgIpc) is 3.47. The van der Waals surface area contributed by atoms with Gasteiger partial charge in [-0.3, -0.25) is 4.79 Å². The summed E-state index contributed by atoms with van der Waals surface area (Å²) in [5, 5.41) is 2.52. The summed E-state index contributed by atoms with van der Waals surface area (Å²) in [5.74, 6) is -2.26. The highest BCUT2D eigenvalue weighted by Crippen LogP contribution is 2.39. The second kappa shape index (κ2) is 11.8. The summed E-state index contributed by atoms with van der Waals surface area (Å²) in [7, 11) is 1.94. The Morgan fingerprint density at radius 2 is 1.77 bits per heavy atom. The number of nitrogens with zero attached hydrogens (tertiary/aromatic N) is 3. The molecule has 1 N–H and O–H groups in total. The minimum Gasteiger partial charge on any atom is -0.334 e. The maximum Gasteiger partial charge on any atom is 0.284 e. The maximum absolute atomic E-state index is 13.9. The molecule has 35 heavy (non-hydrogen) atoms. The number of aromatic nitrogens is 3. The third kappa shape index (κ3) is 5.48. The van der Waals surface area contributed by atoms with Crippen LogP contribution >= 0.6 is 11.3 Å². The molecule has 2 aromatic carbocycles. The average molecular weight is 497 g/mol. The number of carbonyl (C=O) groups excluding carboxylic acids is 1. The lowest BCUT2D eigenvalue weighted by Gasteiger charge is -2.09. The Labute approximate surface area is 208 Å². The number of thiazole rings is 1. The summed E-state index contributed by atoms with van der Waals surface area (Å²) in [4.78, 5) is 22.4. The third-order valence-corrected chi connectivity index (χ3v) is 6.55. The van der Waals surface area contributed by atoms with Crippen LogP contribution in [0.1, 0.15) is 55.2 Å². The predicted molar refractivity (Wildman–Crippen MR) is 139 cm³/mol. The molecule has 0 saturated carbocycles. The Kier molecular flexibility index (Phi) is 8.87. The van der Waals surface area contributed by atoms with Gasteiger partial charge in [-0.05, 0) is 48.6 Å². The van der Waals surface area contributed by atoms with E-state index in [0.717, 1.165) is 58.8 Å². The summed E-state index contributed by atoms with van der Waals surface area (Å²) in [6.07, 6.45) is 6.14. The quantitative estimate of drug-likeness (QED) is 0.324. The van der Waals surface area contributed by atoms with E-state index in [1.54, 1.807) is 6.33 Å². The Hall–Kier alpha value is -3.39. The van der Waals surface area contributed by atoms with E-state index in [4.69, 9.17) is 0 Å². The van der Waals surface area contributed by atoms with Crippen molar-refractivity contribution in [2.45, 2.75) is 47.0 Å². The van der Waals surface area contributed by atoms with Crippen LogP contribution in [0.25, 0.3) is 21.7 Å². The zero-order chi connectivity index (χ0) is 25.5. The number of benzene rings is 2. The predicted octanol–water partition coefficient (Wildman–Crippen LogP) is 7.28. The monoisotopic (exact) mass is 496 g/mol. The van der Waals surface area contributed by atoms with Crippen LogP contribution in [0.15, 0.2) is 48.9 Å². The number of anilines is 1. The molecule has 5 nitrogen and oxygen atoms in total. The van der Waals surface area contributed by atoms with Crippen molar-refractivity contribution in [1.29, 1.82) is 0 Å². The van der Waals surface area contributed by atoms with Gasteiger partial charge in [0.25, 0.3) is 5.91 Å². The summed E-state index contributed by atoms with van der Waals surface area (Å²) in [6.45, 7) is 8.00. The molecule has 1 amide bonds. The smallest absolute Gasteiger partial charge is 0.284 e. The van der Waals surface area contributed by atoms with Crippen LogP contribution in [0.4, 0.5) is 14.5 Å². The van der Waals surface area contributed by atoms with Gasteiger partial charge < -0.3 is 9.88 Å². The van der Waals surface area contributed by atoms with E-state index < -0.39 is 23.2 Å². The molecule has 2 aromatic heterocycles. The molecule has 0 spiro atoms. The SMILES string of the molecule is CC.CC.Cn1cncc1-c1ccc2c(c1)-c1sc(C(=O)Nc3c(F)cccc3F)nc1CCC2. The van der Waals surface area contributed by atoms with Crippen molar-refractivity contribution in [3.8, 4) is 21.7 Å². The van der Waals surface area contributed by atoms with Crippen molar-refractivity contribution < 1.29 is 13.6 Å². The largest absolute Gasteiger partial charge is 0.334 e. The third-order valence-electron chi connectivity index (χ3n) is 5.42. The Bertz CT molecular complexity index is 1290. The number of rotatable bonds is 3. The fourth-order valence-electron chi connectivity index (χ4n) is 3.86. The number of amides is 1. The van der Waals surface area contributed by atoms with Crippen LogP contribution in [-0.2, 0) is 19.9 Å². The molecule has 0 saturated heterocycles. The normalized spacial score (nSPS) is 11.6. The first-order valence-corrected chi connectivity index (χ1v) is 12.7. The fraction of sp³-hybridized carbons (Fsp3) is 0.296. The van der Waals surface area contributed by atoms with Crippen molar-refractivity contribution in [2.75, 3.05) is 5.32 Å². The second-order valence-corrected chi connectivity index (χ2v) is 8.46. The van der Waals surface area contributed by atoms with Gasteiger partial charge in [-0.2, -0.15) is 0 Å². The summed E-state index contributed by atoms with van der Waals surface area (Å²) >= 11 is 1.25. The number of nitrogens with one attached hydrogen (secondary N) is 1. The standard InChI is InChI=1S/C23H18F2N4OS.2C2H6/c1-29-12-26-11-19(29)14-9-8-13-4-2-7-18-21(15(13)10-14)31-23(27-18)22(30)28-20-16(24)5-3-6-17(20)25;2*1-2/h3,5-6,8-12H,2,4,7H2,1H3,(H,28,30);2*1-2H3. The molecule has 184 valence electrons.